The van der Waals surface area contributed by atoms with Gasteiger partial charge in [-0.2, -0.15) is 0 Å². The zero-order valence-corrected chi connectivity index (χ0v) is 12.7. The molecule has 1 N–H and O–H groups in total. The van der Waals surface area contributed by atoms with Crippen LogP contribution in [-0.2, 0) is 6.42 Å². The van der Waals surface area contributed by atoms with E-state index in [9.17, 15) is 0 Å². The maximum absolute atomic E-state index is 5.33. The SMILES string of the molecule is COc1cc(Br)c(C)c(CCN2CCNCC2)c1. The Morgan fingerprint density at radius 2 is 2.06 bits per heavy atom. The van der Waals surface area contributed by atoms with Crippen molar-refractivity contribution in [1.29, 1.82) is 0 Å². The molecule has 1 fully saturated rings. The quantitative estimate of drug-likeness (QED) is 0.922. The number of ether oxygens (including phenoxy) is 1. The number of methoxy groups -OCH3 is 1. The molecule has 1 aromatic rings. The predicted molar refractivity (Wildman–Crippen MR) is 78.4 cm³/mol. The van der Waals surface area contributed by atoms with Crippen LogP contribution in [0.15, 0.2) is 16.6 Å². The van der Waals surface area contributed by atoms with Crippen molar-refractivity contribution in [1.82, 2.24) is 10.2 Å². The lowest BCUT2D eigenvalue weighted by atomic mass is 10.0. The average Bonchev–Trinajstić information content (AvgIpc) is 2.41. The average molecular weight is 313 g/mol. The van der Waals surface area contributed by atoms with E-state index < -0.39 is 0 Å². The Morgan fingerprint density at radius 3 is 2.72 bits per heavy atom. The smallest absolute Gasteiger partial charge is 0.120 e. The van der Waals surface area contributed by atoms with E-state index in [0.29, 0.717) is 0 Å². The third-order valence-electron chi connectivity index (χ3n) is 3.57. The van der Waals surface area contributed by atoms with E-state index in [0.717, 1.165) is 49.4 Å². The molecule has 18 heavy (non-hydrogen) atoms. The molecule has 0 atom stereocenters. The lowest BCUT2D eigenvalue weighted by Gasteiger charge is -2.27. The van der Waals surface area contributed by atoms with Gasteiger partial charge in [-0.25, -0.2) is 0 Å². The van der Waals surface area contributed by atoms with Crippen LogP contribution in [0.1, 0.15) is 11.1 Å². The monoisotopic (exact) mass is 312 g/mol. The van der Waals surface area contributed by atoms with Gasteiger partial charge in [0.2, 0.25) is 0 Å². The Balaban J connectivity index is 2.01. The van der Waals surface area contributed by atoms with Gasteiger partial charge < -0.3 is 15.0 Å². The van der Waals surface area contributed by atoms with E-state index in [-0.39, 0.29) is 0 Å². The summed E-state index contributed by atoms with van der Waals surface area (Å²) in [6.07, 6.45) is 1.08. The van der Waals surface area contributed by atoms with Gasteiger partial charge in [0.25, 0.3) is 0 Å². The van der Waals surface area contributed by atoms with Gasteiger partial charge in [0.15, 0.2) is 0 Å². The molecule has 0 unspecified atom stereocenters. The van der Waals surface area contributed by atoms with Crippen LogP contribution in [0.4, 0.5) is 0 Å². The number of rotatable bonds is 4. The normalized spacial score (nSPS) is 16.8. The molecule has 0 radical (unpaired) electrons. The number of nitrogens with zero attached hydrogens (tertiary/aromatic N) is 1. The predicted octanol–water partition coefficient (Wildman–Crippen LogP) is 2.21. The highest BCUT2D eigenvalue weighted by Gasteiger charge is 2.11. The summed E-state index contributed by atoms with van der Waals surface area (Å²) in [5.74, 6) is 0.933. The van der Waals surface area contributed by atoms with Crippen molar-refractivity contribution < 1.29 is 4.74 Å². The molecule has 2 rings (SSSR count). The fraction of sp³-hybridized carbons (Fsp3) is 0.571. The second-order valence-electron chi connectivity index (χ2n) is 4.73. The number of benzene rings is 1. The summed E-state index contributed by atoms with van der Waals surface area (Å²) in [5, 5.41) is 3.38. The molecular weight excluding hydrogens is 292 g/mol. The molecule has 0 amide bonds. The standard InChI is InChI=1S/C14H21BrN2O/c1-11-12(9-13(18-2)10-14(11)15)3-6-17-7-4-16-5-8-17/h9-10,16H,3-8H2,1-2H3. The first-order valence-electron chi connectivity index (χ1n) is 6.47. The van der Waals surface area contributed by atoms with Crippen LogP contribution in [0.3, 0.4) is 0 Å². The van der Waals surface area contributed by atoms with Crippen LogP contribution in [0.5, 0.6) is 5.75 Å². The third kappa shape index (κ3) is 3.46. The van der Waals surface area contributed by atoms with Gasteiger partial charge in [0, 0.05) is 37.2 Å². The van der Waals surface area contributed by atoms with Crippen molar-refractivity contribution in [2.75, 3.05) is 39.8 Å². The summed E-state index contributed by atoms with van der Waals surface area (Å²) in [6.45, 7) is 7.83. The number of piperazine rings is 1. The summed E-state index contributed by atoms with van der Waals surface area (Å²) in [5.41, 5.74) is 2.70. The topological polar surface area (TPSA) is 24.5 Å². The highest BCUT2D eigenvalue weighted by molar-refractivity contribution is 9.10. The van der Waals surface area contributed by atoms with Crippen LogP contribution >= 0.6 is 15.9 Å². The lowest BCUT2D eigenvalue weighted by molar-refractivity contribution is 0.243. The zero-order chi connectivity index (χ0) is 13.0. The van der Waals surface area contributed by atoms with Crippen molar-refractivity contribution in [2.45, 2.75) is 13.3 Å². The van der Waals surface area contributed by atoms with Crippen molar-refractivity contribution in [3.63, 3.8) is 0 Å². The molecule has 0 aliphatic carbocycles. The van der Waals surface area contributed by atoms with E-state index in [1.807, 2.05) is 6.07 Å². The molecule has 0 saturated carbocycles. The first-order valence-corrected chi connectivity index (χ1v) is 7.26. The van der Waals surface area contributed by atoms with Crippen LogP contribution in [0.2, 0.25) is 0 Å². The number of hydrogen-bond donors (Lipinski definition) is 1. The Labute approximate surface area is 118 Å². The fourth-order valence-electron chi connectivity index (χ4n) is 2.30. The molecule has 1 aliphatic rings. The van der Waals surface area contributed by atoms with E-state index in [1.165, 1.54) is 11.1 Å². The molecule has 1 aromatic carbocycles. The van der Waals surface area contributed by atoms with Crippen molar-refractivity contribution >= 4 is 15.9 Å². The van der Waals surface area contributed by atoms with Crippen molar-refractivity contribution in [3.8, 4) is 5.75 Å². The van der Waals surface area contributed by atoms with Crippen molar-refractivity contribution in [2.24, 2.45) is 0 Å². The van der Waals surface area contributed by atoms with E-state index >= 15 is 0 Å². The molecule has 0 aromatic heterocycles. The first-order chi connectivity index (χ1) is 8.70. The highest BCUT2D eigenvalue weighted by atomic mass is 79.9. The molecule has 0 bridgehead atoms. The fourth-order valence-corrected chi connectivity index (χ4v) is 2.78. The first kappa shape index (κ1) is 13.8. The Kier molecular flexibility index (Phi) is 5.03. The molecule has 4 heteroatoms. The van der Waals surface area contributed by atoms with Gasteiger partial charge in [-0.1, -0.05) is 15.9 Å². The van der Waals surface area contributed by atoms with Crippen LogP contribution in [0, 0.1) is 6.92 Å². The van der Waals surface area contributed by atoms with Crippen LogP contribution < -0.4 is 10.1 Å². The number of hydrogen-bond acceptors (Lipinski definition) is 3. The van der Waals surface area contributed by atoms with Crippen LogP contribution in [0.25, 0.3) is 0 Å². The van der Waals surface area contributed by atoms with Crippen molar-refractivity contribution in [3.05, 3.63) is 27.7 Å². The minimum Gasteiger partial charge on any atom is -0.497 e. The minimum absolute atomic E-state index is 0.933. The second-order valence-corrected chi connectivity index (χ2v) is 5.59. The molecule has 0 spiro atoms. The maximum Gasteiger partial charge on any atom is 0.120 e. The lowest BCUT2D eigenvalue weighted by Crippen LogP contribution is -2.44. The van der Waals surface area contributed by atoms with Gasteiger partial charge in [-0.05, 0) is 36.6 Å². The summed E-state index contributed by atoms with van der Waals surface area (Å²) in [6, 6.07) is 4.19. The molecule has 1 saturated heterocycles. The molecule has 1 aliphatic heterocycles. The highest BCUT2D eigenvalue weighted by Crippen LogP contribution is 2.26. The molecule has 100 valence electrons. The van der Waals surface area contributed by atoms with Gasteiger partial charge in [-0.15, -0.1) is 0 Å². The summed E-state index contributed by atoms with van der Waals surface area (Å²) in [4.78, 5) is 2.52. The van der Waals surface area contributed by atoms with E-state index in [4.69, 9.17) is 4.74 Å². The summed E-state index contributed by atoms with van der Waals surface area (Å²) in [7, 11) is 1.72. The van der Waals surface area contributed by atoms with E-state index in [2.05, 4.69) is 39.1 Å². The van der Waals surface area contributed by atoms with Gasteiger partial charge in [0.1, 0.15) is 5.75 Å². The zero-order valence-electron chi connectivity index (χ0n) is 11.1. The van der Waals surface area contributed by atoms with Gasteiger partial charge in [0.05, 0.1) is 7.11 Å². The Bertz CT molecular complexity index is 403. The van der Waals surface area contributed by atoms with E-state index in [1.54, 1.807) is 7.11 Å². The third-order valence-corrected chi connectivity index (χ3v) is 4.39. The maximum atomic E-state index is 5.33. The molecular formula is C14H21BrN2O. The van der Waals surface area contributed by atoms with Gasteiger partial charge >= 0.3 is 0 Å². The Hall–Kier alpha value is -0.580. The number of halogens is 1. The second kappa shape index (κ2) is 6.55. The van der Waals surface area contributed by atoms with Gasteiger partial charge in [-0.3, -0.25) is 0 Å². The number of nitrogens with one attached hydrogen (secondary N) is 1. The molecule has 1 heterocycles. The van der Waals surface area contributed by atoms with Crippen LogP contribution in [-0.4, -0.2) is 44.7 Å². The largest absolute Gasteiger partial charge is 0.497 e. The minimum atomic E-state index is 0.933. The summed E-state index contributed by atoms with van der Waals surface area (Å²) >= 11 is 3.60. The Morgan fingerprint density at radius 1 is 1.33 bits per heavy atom. The summed E-state index contributed by atoms with van der Waals surface area (Å²) < 4.78 is 6.47. The molecule has 3 nitrogen and oxygen atoms in total.